The van der Waals surface area contributed by atoms with Crippen LogP contribution in [0, 0.1) is 27.7 Å². The zero-order valence-electron chi connectivity index (χ0n) is 13.8. The average Bonchev–Trinajstić information content (AvgIpc) is 2.51. The molecule has 1 aromatic carbocycles. The summed E-state index contributed by atoms with van der Waals surface area (Å²) in [4.78, 5) is 13.2. The van der Waals surface area contributed by atoms with Crippen molar-refractivity contribution in [1.29, 1.82) is 0 Å². The number of nitrogens with zero attached hydrogens (tertiary/aromatic N) is 3. The smallest absolute Gasteiger partial charge is 0.219 e. The number of rotatable bonds is 3. The van der Waals surface area contributed by atoms with E-state index in [0.29, 0.717) is 17.4 Å². The number of hydrogen-bond donors (Lipinski definition) is 0. The van der Waals surface area contributed by atoms with Gasteiger partial charge in [-0.3, -0.25) is 0 Å². The molecule has 0 aliphatic heterocycles. The van der Waals surface area contributed by atoms with E-state index in [9.17, 15) is 0 Å². The van der Waals surface area contributed by atoms with E-state index in [0.717, 1.165) is 22.6 Å². The molecule has 3 aromatic rings. The quantitative estimate of drug-likeness (QED) is 0.711. The van der Waals surface area contributed by atoms with E-state index in [1.165, 1.54) is 5.56 Å². The molecular weight excluding hydrogens is 286 g/mol. The van der Waals surface area contributed by atoms with Gasteiger partial charge in [0.1, 0.15) is 11.4 Å². The van der Waals surface area contributed by atoms with Gasteiger partial charge in [0.25, 0.3) is 0 Å². The average molecular weight is 305 g/mol. The fourth-order valence-corrected chi connectivity index (χ4v) is 2.60. The second-order valence-electron chi connectivity index (χ2n) is 5.71. The third-order valence-electron chi connectivity index (χ3n) is 3.56. The molecule has 0 N–H and O–H groups in total. The van der Waals surface area contributed by atoms with E-state index in [-0.39, 0.29) is 0 Å². The van der Waals surface area contributed by atoms with Gasteiger partial charge in [0, 0.05) is 18.0 Å². The lowest BCUT2D eigenvalue weighted by Gasteiger charge is -2.12. The molecule has 0 saturated carbocycles. The van der Waals surface area contributed by atoms with Crippen LogP contribution >= 0.6 is 0 Å². The van der Waals surface area contributed by atoms with Gasteiger partial charge in [0.15, 0.2) is 5.82 Å². The standard InChI is InChI=1S/C19H19N3O/c1-12-10-13(2)18(14(3)11-12)23-17-7-5-6-16(22-17)19-20-9-8-15(4)21-19/h5-11H,1-4H3. The fourth-order valence-electron chi connectivity index (χ4n) is 2.60. The summed E-state index contributed by atoms with van der Waals surface area (Å²) in [5.74, 6) is 2.00. The highest BCUT2D eigenvalue weighted by Gasteiger charge is 2.09. The van der Waals surface area contributed by atoms with Crippen molar-refractivity contribution in [3.63, 3.8) is 0 Å². The molecule has 4 heteroatoms. The third-order valence-corrected chi connectivity index (χ3v) is 3.56. The Kier molecular flexibility index (Phi) is 4.06. The van der Waals surface area contributed by atoms with Gasteiger partial charge < -0.3 is 4.74 Å². The first-order valence-electron chi connectivity index (χ1n) is 7.56. The van der Waals surface area contributed by atoms with Crippen LogP contribution in [0.1, 0.15) is 22.4 Å². The molecule has 23 heavy (non-hydrogen) atoms. The van der Waals surface area contributed by atoms with E-state index >= 15 is 0 Å². The largest absolute Gasteiger partial charge is 0.438 e. The summed E-state index contributed by atoms with van der Waals surface area (Å²) in [6.45, 7) is 8.11. The lowest BCUT2D eigenvalue weighted by atomic mass is 10.1. The summed E-state index contributed by atoms with van der Waals surface area (Å²) in [5, 5.41) is 0. The molecule has 2 heterocycles. The first kappa shape index (κ1) is 15.2. The van der Waals surface area contributed by atoms with E-state index in [1.807, 2.05) is 45.0 Å². The summed E-state index contributed by atoms with van der Waals surface area (Å²) in [6.07, 6.45) is 1.74. The van der Waals surface area contributed by atoms with E-state index < -0.39 is 0 Å². The monoisotopic (exact) mass is 305 g/mol. The van der Waals surface area contributed by atoms with Crippen molar-refractivity contribution in [2.75, 3.05) is 0 Å². The number of aromatic nitrogens is 3. The first-order chi connectivity index (χ1) is 11.0. The van der Waals surface area contributed by atoms with Crippen LogP contribution in [-0.4, -0.2) is 15.0 Å². The van der Waals surface area contributed by atoms with Crippen LogP contribution in [0.25, 0.3) is 11.5 Å². The molecule has 0 amide bonds. The molecule has 0 fully saturated rings. The summed E-state index contributed by atoms with van der Waals surface area (Å²) in [5.41, 5.74) is 5.03. The molecule has 0 unspecified atom stereocenters. The van der Waals surface area contributed by atoms with Crippen LogP contribution < -0.4 is 4.74 Å². The van der Waals surface area contributed by atoms with E-state index in [4.69, 9.17) is 4.74 Å². The summed E-state index contributed by atoms with van der Waals surface area (Å²) < 4.78 is 6.02. The van der Waals surface area contributed by atoms with E-state index in [2.05, 4.69) is 34.0 Å². The highest BCUT2D eigenvalue weighted by molar-refractivity contribution is 5.51. The van der Waals surface area contributed by atoms with Gasteiger partial charge in [-0.25, -0.2) is 15.0 Å². The topological polar surface area (TPSA) is 47.9 Å². The van der Waals surface area contributed by atoms with Crippen LogP contribution in [0.15, 0.2) is 42.6 Å². The highest BCUT2D eigenvalue weighted by Crippen LogP contribution is 2.29. The lowest BCUT2D eigenvalue weighted by molar-refractivity contribution is 0.456. The number of pyridine rings is 1. The summed E-state index contributed by atoms with van der Waals surface area (Å²) in [7, 11) is 0. The van der Waals surface area contributed by atoms with Crippen molar-refractivity contribution in [2.24, 2.45) is 0 Å². The Labute approximate surface area is 136 Å². The molecule has 4 nitrogen and oxygen atoms in total. The Morgan fingerprint density at radius 2 is 1.61 bits per heavy atom. The van der Waals surface area contributed by atoms with Crippen molar-refractivity contribution < 1.29 is 4.74 Å². The molecule has 2 aromatic heterocycles. The van der Waals surface area contributed by atoms with Crippen molar-refractivity contribution >= 4 is 0 Å². The molecule has 116 valence electrons. The van der Waals surface area contributed by atoms with Gasteiger partial charge >= 0.3 is 0 Å². The van der Waals surface area contributed by atoms with Gasteiger partial charge in [0.05, 0.1) is 0 Å². The summed E-state index contributed by atoms with van der Waals surface area (Å²) >= 11 is 0. The Balaban J connectivity index is 1.95. The molecule has 0 atom stereocenters. The zero-order valence-corrected chi connectivity index (χ0v) is 13.8. The maximum absolute atomic E-state index is 6.02. The molecule has 0 radical (unpaired) electrons. The Morgan fingerprint density at radius 3 is 2.30 bits per heavy atom. The van der Waals surface area contributed by atoms with Crippen LogP contribution in [0.3, 0.4) is 0 Å². The minimum absolute atomic E-state index is 0.544. The normalized spacial score (nSPS) is 10.6. The molecular formula is C19H19N3O. The second kappa shape index (κ2) is 6.16. The molecule has 0 aliphatic carbocycles. The van der Waals surface area contributed by atoms with Crippen molar-refractivity contribution in [3.8, 4) is 23.1 Å². The minimum Gasteiger partial charge on any atom is -0.438 e. The zero-order chi connectivity index (χ0) is 16.4. The molecule has 0 aliphatic rings. The number of ether oxygens (including phenoxy) is 1. The van der Waals surface area contributed by atoms with Gasteiger partial charge in [-0.2, -0.15) is 0 Å². The van der Waals surface area contributed by atoms with Crippen molar-refractivity contribution in [1.82, 2.24) is 15.0 Å². The van der Waals surface area contributed by atoms with Crippen LogP contribution in [0.5, 0.6) is 11.6 Å². The predicted octanol–water partition coefficient (Wildman–Crippen LogP) is 4.56. The number of hydrogen-bond acceptors (Lipinski definition) is 4. The number of benzene rings is 1. The van der Waals surface area contributed by atoms with Crippen LogP contribution in [0.4, 0.5) is 0 Å². The molecule has 3 rings (SSSR count). The SMILES string of the molecule is Cc1cc(C)c(Oc2cccc(-c3nccc(C)n3)n2)c(C)c1. The highest BCUT2D eigenvalue weighted by atomic mass is 16.5. The third kappa shape index (κ3) is 3.37. The predicted molar refractivity (Wildman–Crippen MR) is 90.7 cm³/mol. The van der Waals surface area contributed by atoms with Gasteiger partial charge in [-0.05, 0) is 51.0 Å². The van der Waals surface area contributed by atoms with E-state index in [1.54, 1.807) is 6.20 Å². The van der Waals surface area contributed by atoms with Gasteiger partial charge in [-0.15, -0.1) is 0 Å². The lowest BCUT2D eigenvalue weighted by Crippen LogP contribution is -1.97. The first-order valence-corrected chi connectivity index (χ1v) is 7.56. The van der Waals surface area contributed by atoms with Crippen LogP contribution in [-0.2, 0) is 0 Å². The Morgan fingerprint density at radius 1 is 0.870 bits per heavy atom. The van der Waals surface area contributed by atoms with Gasteiger partial charge in [-0.1, -0.05) is 23.8 Å². The molecule has 0 saturated heterocycles. The van der Waals surface area contributed by atoms with Crippen molar-refractivity contribution in [2.45, 2.75) is 27.7 Å². The maximum Gasteiger partial charge on any atom is 0.219 e. The molecule has 0 bridgehead atoms. The fraction of sp³-hybridized carbons (Fsp3) is 0.211. The second-order valence-corrected chi connectivity index (χ2v) is 5.71. The molecule has 0 spiro atoms. The summed E-state index contributed by atoms with van der Waals surface area (Å²) in [6, 6.07) is 11.7. The van der Waals surface area contributed by atoms with Crippen LogP contribution in [0.2, 0.25) is 0 Å². The van der Waals surface area contributed by atoms with Gasteiger partial charge in [0.2, 0.25) is 5.88 Å². The Bertz CT molecular complexity index is 836. The minimum atomic E-state index is 0.544. The maximum atomic E-state index is 6.02. The number of aryl methyl sites for hydroxylation is 4. The Hall–Kier alpha value is -2.75. The van der Waals surface area contributed by atoms with Crippen molar-refractivity contribution in [3.05, 3.63) is 65.0 Å².